The van der Waals surface area contributed by atoms with E-state index in [1.165, 1.54) is 14.9 Å². The second kappa shape index (κ2) is 13.3. The fourth-order valence-electron chi connectivity index (χ4n) is 6.71. The van der Waals surface area contributed by atoms with Gasteiger partial charge < -0.3 is 19.1 Å². The molecule has 3 aromatic rings. The Labute approximate surface area is 261 Å². The average Bonchev–Trinajstić information content (AvgIpc) is 3.75. The van der Waals surface area contributed by atoms with Crippen molar-refractivity contribution in [3.05, 3.63) is 83.4 Å². The molecule has 4 heterocycles. The second-order valence-electron chi connectivity index (χ2n) is 12.6. The molecule has 3 fully saturated rings. The number of carbonyl (C=O) groups excluding carboxylic acids is 1. The second-order valence-corrected chi connectivity index (χ2v) is 18.2. The van der Waals surface area contributed by atoms with Crippen LogP contribution in [0.5, 0.6) is 0 Å². The van der Waals surface area contributed by atoms with Crippen LogP contribution in [0.1, 0.15) is 52.7 Å². The number of fused-ring (bicyclic) bond motifs is 1. The summed E-state index contributed by atoms with van der Waals surface area (Å²) < 4.78 is 24.0. The number of nitrogens with zero attached hydrogens (tertiary/aromatic N) is 3. The lowest BCUT2D eigenvalue weighted by molar-refractivity contribution is -0.118. The Morgan fingerprint density at radius 3 is 2.39 bits per heavy atom. The summed E-state index contributed by atoms with van der Waals surface area (Å²) in [4.78, 5) is 29.1. The lowest BCUT2D eigenvalue weighted by Crippen LogP contribution is -2.58. The molecule has 3 aliphatic heterocycles. The van der Waals surface area contributed by atoms with Crippen LogP contribution >= 0.6 is 8.53 Å². The largest absolute Gasteiger partial charge is 0.352 e. The molecular formula is C33H43N4O5PSi. The van der Waals surface area contributed by atoms with E-state index in [1.807, 2.05) is 0 Å². The highest BCUT2D eigenvalue weighted by atomic mass is 31.2. The SMILES string of the molecule is CC[C@H]1O[C@@H](n2ccc(NC(=O)C(C)C)nc2=O)CC1O[P@]1O[C@@H](C[Si](C)(c2ccccc2)c2ccccc2)[C@H]2CCCN21. The van der Waals surface area contributed by atoms with Gasteiger partial charge in [-0.1, -0.05) is 98.4 Å². The molecule has 0 aliphatic carbocycles. The molecule has 3 saturated heterocycles. The Kier molecular flexibility index (Phi) is 9.47. The summed E-state index contributed by atoms with van der Waals surface area (Å²) in [7, 11) is -3.35. The van der Waals surface area contributed by atoms with Crippen LogP contribution < -0.4 is 21.4 Å². The fourth-order valence-corrected chi connectivity index (χ4v) is 12.7. The highest BCUT2D eigenvalue weighted by Gasteiger charge is 2.51. The molecule has 44 heavy (non-hydrogen) atoms. The summed E-state index contributed by atoms with van der Waals surface area (Å²) >= 11 is 0. The molecule has 0 radical (unpaired) electrons. The van der Waals surface area contributed by atoms with Crippen LogP contribution in [-0.4, -0.2) is 59.1 Å². The molecule has 0 spiro atoms. The van der Waals surface area contributed by atoms with Gasteiger partial charge in [0.15, 0.2) is 0 Å². The summed E-state index contributed by atoms with van der Waals surface area (Å²) in [5.74, 6) is -0.139. The van der Waals surface area contributed by atoms with E-state index in [-0.39, 0.29) is 36.0 Å². The standard InChI is InChI=1S/C33H43N4O5PSi/c1-5-27-28(21-31(40-27)36-20-18-30(35-33(36)39)34-32(38)23(2)3)41-43-37-19-12-17-26(37)29(42-43)22-44(4,24-13-8-6-9-14-24)25-15-10-7-11-16-25/h6-11,13-16,18,20,23,26-29,31H,5,12,17,19,21-22H2,1-4H3,(H,34,35,38,39)/t26-,27-,28?,29+,31-,43-/m1/s1. The minimum absolute atomic E-state index is 0.0966. The summed E-state index contributed by atoms with van der Waals surface area (Å²) in [6.07, 6.45) is 4.44. The number of hydrogen-bond donors (Lipinski definition) is 1. The molecule has 6 atom stereocenters. The van der Waals surface area contributed by atoms with Gasteiger partial charge in [0.05, 0.1) is 18.3 Å². The highest BCUT2D eigenvalue weighted by Crippen LogP contribution is 2.58. The first-order valence-corrected chi connectivity index (χ1v) is 19.7. The molecule has 0 saturated carbocycles. The van der Waals surface area contributed by atoms with Crippen molar-refractivity contribution in [3.63, 3.8) is 0 Å². The third-order valence-electron chi connectivity index (χ3n) is 9.29. The van der Waals surface area contributed by atoms with Gasteiger partial charge in [-0.15, -0.1) is 0 Å². The average molecular weight is 635 g/mol. The molecule has 234 valence electrons. The van der Waals surface area contributed by atoms with E-state index in [4.69, 9.17) is 13.8 Å². The van der Waals surface area contributed by atoms with Gasteiger partial charge in [0.25, 0.3) is 8.53 Å². The van der Waals surface area contributed by atoms with Gasteiger partial charge in [0.1, 0.15) is 20.1 Å². The zero-order valence-corrected chi connectivity index (χ0v) is 27.9. The van der Waals surface area contributed by atoms with Crippen molar-refractivity contribution < 1.29 is 18.6 Å². The smallest absolute Gasteiger partial charge is 0.351 e. The van der Waals surface area contributed by atoms with Crippen LogP contribution in [0.4, 0.5) is 5.82 Å². The van der Waals surface area contributed by atoms with E-state index < -0.39 is 28.5 Å². The summed E-state index contributed by atoms with van der Waals surface area (Å²) in [6, 6.07) is 24.9. The number of nitrogens with one attached hydrogen (secondary N) is 1. The lowest BCUT2D eigenvalue weighted by Gasteiger charge is -2.32. The van der Waals surface area contributed by atoms with Crippen molar-refractivity contribution in [1.82, 2.24) is 14.2 Å². The minimum atomic E-state index is -2.10. The quantitative estimate of drug-likeness (QED) is 0.250. The molecular weight excluding hydrogens is 591 g/mol. The lowest BCUT2D eigenvalue weighted by atomic mass is 10.1. The number of hydrogen-bond acceptors (Lipinski definition) is 7. The summed E-state index contributed by atoms with van der Waals surface area (Å²) in [6.45, 7) is 9.11. The third-order valence-corrected chi connectivity index (χ3v) is 15.5. The molecule has 2 aromatic carbocycles. The van der Waals surface area contributed by atoms with E-state index >= 15 is 0 Å². The van der Waals surface area contributed by atoms with Crippen LogP contribution in [-0.2, 0) is 18.6 Å². The zero-order chi connectivity index (χ0) is 30.8. The van der Waals surface area contributed by atoms with Crippen molar-refractivity contribution in [3.8, 4) is 0 Å². The molecule has 9 nitrogen and oxygen atoms in total. The predicted octanol–water partition coefficient (Wildman–Crippen LogP) is 4.90. The third kappa shape index (κ3) is 6.34. The Morgan fingerprint density at radius 1 is 1.09 bits per heavy atom. The van der Waals surface area contributed by atoms with Crippen molar-refractivity contribution in [2.45, 2.75) is 89.6 Å². The first kappa shape index (κ1) is 31.3. The first-order valence-electron chi connectivity index (χ1n) is 15.8. The molecule has 6 rings (SSSR count). The van der Waals surface area contributed by atoms with E-state index in [0.29, 0.717) is 12.5 Å². The number of amides is 1. The van der Waals surface area contributed by atoms with E-state index in [9.17, 15) is 9.59 Å². The minimum Gasteiger partial charge on any atom is -0.352 e. The fraction of sp³-hybridized carbons (Fsp3) is 0.485. The molecule has 3 aliphatic rings. The van der Waals surface area contributed by atoms with Crippen LogP contribution in [0.15, 0.2) is 77.7 Å². The number of rotatable bonds is 10. The molecule has 1 unspecified atom stereocenters. The van der Waals surface area contributed by atoms with Crippen LogP contribution in [0.25, 0.3) is 0 Å². The van der Waals surface area contributed by atoms with Gasteiger partial charge in [0, 0.05) is 31.1 Å². The van der Waals surface area contributed by atoms with Gasteiger partial charge in [0.2, 0.25) is 5.91 Å². The monoisotopic (exact) mass is 634 g/mol. The van der Waals surface area contributed by atoms with Crippen LogP contribution in [0, 0.1) is 5.92 Å². The zero-order valence-electron chi connectivity index (χ0n) is 26.0. The molecule has 0 bridgehead atoms. The number of anilines is 1. The maximum Gasteiger partial charge on any atom is 0.351 e. The number of ether oxygens (including phenoxy) is 1. The Hall–Kier alpha value is -2.72. The van der Waals surface area contributed by atoms with Gasteiger partial charge in [-0.2, -0.15) is 4.98 Å². The highest BCUT2D eigenvalue weighted by molar-refractivity contribution is 7.45. The van der Waals surface area contributed by atoms with E-state index in [1.54, 1.807) is 26.1 Å². The maximum absolute atomic E-state index is 12.9. The van der Waals surface area contributed by atoms with Crippen LogP contribution in [0.3, 0.4) is 0 Å². The number of carbonyl (C=O) groups is 1. The van der Waals surface area contributed by atoms with Gasteiger partial charge in [-0.05, 0) is 31.4 Å². The summed E-state index contributed by atoms with van der Waals surface area (Å²) in [5, 5.41) is 5.53. The van der Waals surface area contributed by atoms with Crippen LogP contribution in [0.2, 0.25) is 12.6 Å². The Bertz CT molecular complexity index is 1450. The van der Waals surface area contributed by atoms with Gasteiger partial charge >= 0.3 is 5.69 Å². The molecule has 1 amide bonds. The number of aromatic nitrogens is 2. The maximum atomic E-state index is 12.9. The van der Waals surface area contributed by atoms with Crippen molar-refractivity contribution in [1.29, 1.82) is 0 Å². The summed E-state index contributed by atoms with van der Waals surface area (Å²) in [5.41, 5.74) is -0.458. The number of benzene rings is 2. The van der Waals surface area contributed by atoms with Crippen molar-refractivity contribution >= 4 is 38.7 Å². The molecule has 1 aromatic heterocycles. The Morgan fingerprint density at radius 2 is 1.77 bits per heavy atom. The van der Waals surface area contributed by atoms with Crippen molar-refractivity contribution in [2.75, 3.05) is 11.9 Å². The molecule has 11 heteroatoms. The predicted molar refractivity (Wildman–Crippen MR) is 176 cm³/mol. The topological polar surface area (TPSA) is 94.9 Å². The van der Waals surface area contributed by atoms with Gasteiger partial charge in [-0.3, -0.25) is 9.36 Å². The van der Waals surface area contributed by atoms with Crippen molar-refractivity contribution in [2.24, 2.45) is 5.92 Å². The normalized spacial score (nSPS) is 27.1. The Balaban J connectivity index is 1.18. The molecule has 1 N–H and O–H groups in total. The first-order chi connectivity index (χ1) is 21.3. The van der Waals surface area contributed by atoms with E-state index in [2.05, 4.69) is 89.1 Å². The van der Waals surface area contributed by atoms with Gasteiger partial charge in [-0.25, -0.2) is 9.46 Å². The van der Waals surface area contributed by atoms with E-state index in [0.717, 1.165) is 31.9 Å².